The number of rotatable bonds is 2. The van der Waals surface area contributed by atoms with E-state index in [1.165, 1.54) is 16.4 Å². The lowest BCUT2D eigenvalue weighted by Crippen LogP contribution is -2.20. The number of aromatic nitrogens is 5. The van der Waals surface area contributed by atoms with E-state index >= 15 is 0 Å². The number of nitrogens with zero attached hydrogens (tertiary/aromatic N) is 5. The Morgan fingerprint density at radius 2 is 2.11 bits per heavy atom. The lowest BCUT2D eigenvalue weighted by molar-refractivity contribution is 0.645. The Morgan fingerprint density at radius 3 is 2.79 bits per heavy atom. The Kier molecular flexibility index (Phi) is 2.83. The number of hydrogen-bond acceptors (Lipinski definition) is 5. The molecule has 19 heavy (non-hydrogen) atoms. The summed E-state index contributed by atoms with van der Waals surface area (Å²) in [5.41, 5.74) is 0.443. The Balaban J connectivity index is 2.35. The average Bonchev–Trinajstić information content (AvgIpc) is 2.71. The highest BCUT2D eigenvalue weighted by Crippen LogP contribution is 2.14. The van der Waals surface area contributed by atoms with Crippen LogP contribution >= 0.6 is 11.8 Å². The zero-order valence-electron chi connectivity index (χ0n) is 10.4. The van der Waals surface area contributed by atoms with Crippen LogP contribution in [0.1, 0.15) is 0 Å². The van der Waals surface area contributed by atoms with Crippen molar-refractivity contribution < 1.29 is 0 Å². The molecule has 0 unspecified atom stereocenters. The van der Waals surface area contributed by atoms with Gasteiger partial charge in [-0.3, -0.25) is 9.48 Å². The smallest absolute Gasteiger partial charge is 0.266 e. The van der Waals surface area contributed by atoms with Gasteiger partial charge < -0.3 is 0 Å². The number of pyridine rings is 1. The lowest BCUT2D eigenvalue weighted by atomic mass is 10.4. The second kappa shape index (κ2) is 4.51. The molecular formula is C12H11N5OS. The maximum absolute atomic E-state index is 12.4. The fraction of sp³-hybridized carbons (Fsp3) is 0.167. The molecule has 6 nitrogen and oxygen atoms in total. The van der Waals surface area contributed by atoms with E-state index in [2.05, 4.69) is 15.0 Å². The first-order chi connectivity index (χ1) is 9.22. The van der Waals surface area contributed by atoms with Gasteiger partial charge in [-0.25, -0.2) is 15.0 Å². The fourth-order valence-corrected chi connectivity index (χ4v) is 2.27. The second-order valence-corrected chi connectivity index (χ2v) is 4.70. The summed E-state index contributed by atoms with van der Waals surface area (Å²) in [4.78, 5) is 25.1. The largest absolute Gasteiger partial charge is 0.283 e. The molecule has 0 saturated heterocycles. The summed E-state index contributed by atoms with van der Waals surface area (Å²) >= 11 is 1.44. The van der Waals surface area contributed by atoms with E-state index in [9.17, 15) is 4.79 Å². The summed E-state index contributed by atoms with van der Waals surface area (Å²) in [6.45, 7) is 0. The molecule has 0 saturated carbocycles. The predicted octanol–water partition coefficient (Wildman–Crippen LogP) is 1.24. The molecule has 3 rings (SSSR count). The number of thioether (sulfide) groups is 1. The van der Waals surface area contributed by atoms with Crippen LogP contribution in [-0.4, -0.2) is 30.6 Å². The van der Waals surface area contributed by atoms with Crippen molar-refractivity contribution in [3.05, 3.63) is 40.9 Å². The van der Waals surface area contributed by atoms with E-state index in [0.717, 1.165) is 0 Å². The summed E-state index contributed by atoms with van der Waals surface area (Å²) in [7, 11) is 1.79. The van der Waals surface area contributed by atoms with Crippen LogP contribution in [0.25, 0.3) is 16.9 Å². The molecule has 96 valence electrons. The van der Waals surface area contributed by atoms with Gasteiger partial charge in [-0.1, -0.05) is 17.8 Å². The molecule has 0 amide bonds. The van der Waals surface area contributed by atoms with Crippen LogP contribution in [-0.2, 0) is 7.05 Å². The van der Waals surface area contributed by atoms with Gasteiger partial charge in [0.15, 0.2) is 16.6 Å². The minimum Gasteiger partial charge on any atom is -0.266 e. The van der Waals surface area contributed by atoms with Gasteiger partial charge in [0.2, 0.25) is 0 Å². The third-order valence-corrected chi connectivity index (χ3v) is 3.39. The van der Waals surface area contributed by atoms with Crippen molar-refractivity contribution in [3.8, 4) is 5.82 Å². The van der Waals surface area contributed by atoms with Gasteiger partial charge >= 0.3 is 0 Å². The molecule has 0 radical (unpaired) electrons. The normalized spacial score (nSPS) is 11.1. The maximum atomic E-state index is 12.4. The van der Waals surface area contributed by atoms with Crippen molar-refractivity contribution >= 4 is 22.8 Å². The van der Waals surface area contributed by atoms with Crippen molar-refractivity contribution in [2.24, 2.45) is 7.05 Å². The van der Waals surface area contributed by atoms with Crippen molar-refractivity contribution in [2.45, 2.75) is 5.16 Å². The molecule has 3 aromatic rings. The number of fused-ring (bicyclic) bond motifs is 1. The van der Waals surface area contributed by atoms with Crippen molar-refractivity contribution in [1.82, 2.24) is 24.3 Å². The van der Waals surface area contributed by atoms with E-state index in [1.54, 1.807) is 30.2 Å². The number of hydrogen-bond donors (Lipinski definition) is 0. The molecule has 0 aromatic carbocycles. The molecule has 0 atom stereocenters. The zero-order valence-corrected chi connectivity index (χ0v) is 11.3. The van der Waals surface area contributed by atoms with Gasteiger partial charge in [-0.15, -0.1) is 0 Å². The third kappa shape index (κ3) is 1.82. The molecule has 0 aliphatic heterocycles. The Morgan fingerprint density at radius 1 is 1.26 bits per heavy atom. The molecule has 7 heteroatoms. The zero-order chi connectivity index (χ0) is 13.4. The van der Waals surface area contributed by atoms with Gasteiger partial charge in [-0.05, 0) is 18.4 Å². The summed E-state index contributed by atoms with van der Waals surface area (Å²) in [5, 5.41) is 1.13. The third-order valence-electron chi connectivity index (χ3n) is 2.82. The van der Waals surface area contributed by atoms with Crippen LogP contribution in [0.2, 0.25) is 0 Å². The van der Waals surface area contributed by atoms with Gasteiger partial charge in [0.25, 0.3) is 5.56 Å². The van der Waals surface area contributed by atoms with Crippen molar-refractivity contribution in [3.63, 3.8) is 0 Å². The molecule has 0 bridgehead atoms. The molecule has 0 N–H and O–H groups in total. The quantitative estimate of drug-likeness (QED) is 0.519. The molecule has 3 heterocycles. The fourth-order valence-electron chi connectivity index (χ4n) is 1.93. The van der Waals surface area contributed by atoms with E-state index in [4.69, 9.17) is 0 Å². The topological polar surface area (TPSA) is 65.6 Å². The van der Waals surface area contributed by atoms with E-state index < -0.39 is 0 Å². The first-order valence-electron chi connectivity index (χ1n) is 5.62. The van der Waals surface area contributed by atoms with Crippen molar-refractivity contribution in [1.29, 1.82) is 0 Å². The van der Waals surface area contributed by atoms with Gasteiger partial charge in [0.1, 0.15) is 5.39 Å². The van der Waals surface area contributed by atoms with Crippen molar-refractivity contribution in [2.75, 3.05) is 6.26 Å². The Labute approximate surface area is 113 Å². The molecule has 0 spiro atoms. The van der Waals surface area contributed by atoms with E-state index in [-0.39, 0.29) is 5.56 Å². The van der Waals surface area contributed by atoms with Crippen LogP contribution in [0.15, 0.2) is 40.5 Å². The van der Waals surface area contributed by atoms with Crippen LogP contribution in [0, 0.1) is 0 Å². The first-order valence-corrected chi connectivity index (χ1v) is 6.85. The molecule has 3 aromatic heterocycles. The monoisotopic (exact) mass is 273 g/mol. The summed E-state index contributed by atoms with van der Waals surface area (Å²) in [5.74, 6) is 0.568. The van der Waals surface area contributed by atoms with Gasteiger partial charge in [0.05, 0.1) is 0 Å². The standard InChI is InChI=1S/C12H11N5OS/c1-16-10-8(7-14-12(15-10)19-2)11(18)17(16)9-5-3-4-6-13-9/h3-7H,1-2H3. The first kappa shape index (κ1) is 11.9. The molecule has 0 fully saturated rings. The average molecular weight is 273 g/mol. The molecule has 0 aliphatic rings. The number of aryl methyl sites for hydroxylation is 1. The van der Waals surface area contributed by atoms with E-state index in [1.807, 2.05) is 18.4 Å². The van der Waals surface area contributed by atoms with Crippen LogP contribution < -0.4 is 5.56 Å². The summed E-state index contributed by atoms with van der Waals surface area (Å²) in [6, 6.07) is 5.43. The minimum absolute atomic E-state index is 0.163. The SMILES string of the molecule is CSc1ncc2c(=O)n(-c3ccccn3)n(C)c2n1. The van der Waals surface area contributed by atoms with Crippen LogP contribution in [0.5, 0.6) is 0 Å². The maximum Gasteiger partial charge on any atom is 0.283 e. The van der Waals surface area contributed by atoms with Crippen LogP contribution in [0.3, 0.4) is 0 Å². The highest BCUT2D eigenvalue weighted by molar-refractivity contribution is 7.98. The minimum atomic E-state index is -0.163. The Bertz CT molecular complexity index is 793. The highest BCUT2D eigenvalue weighted by atomic mass is 32.2. The highest BCUT2D eigenvalue weighted by Gasteiger charge is 2.14. The molecular weight excluding hydrogens is 262 g/mol. The van der Waals surface area contributed by atoms with E-state index in [0.29, 0.717) is 22.0 Å². The second-order valence-electron chi connectivity index (χ2n) is 3.92. The summed E-state index contributed by atoms with van der Waals surface area (Å²) < 4.78 is 3.19. The Hall–Kier alpha value is -2.15. The van der Waals surface area contributed by atoms with Gasteiger partial charge in [-0.2, -0.15) is 4.68 Å². The molecule has 0 aliphatic carbocycles. The lowest BCUT2D eigenvalue weighted by Gasteiger charge is -2.05. The predicted molar refractivity (Wildman–Crippen MR) is 73.7 cm³/mol. The summed E-state index contributed by atoms with van der Waals surface area (Å²) in [6.07, 6.45) is 5.11. The van der Waals surface area contributed by atoms with Crippen LogP contribution in [0.4, 0.5) is 0 Å². The van der Waals surface area contributed by atoms with Gasteiger partial charge in [0, 0.05) is 19.4 Å².